The topological polar surface area (TPSA) is 62.1 Å². The predicted octanol–water partition coefficient (Wildman–Crippen LogP) is 2.96. The number of hydrogen-bond acceptors (Lipinski definition) is 5. The second-order valence-electron chi connectivity index (χ2n) is 5.09. The van der Waals surface area contributed by atoms with Gasteiger partial charge in [-0.05, 0) is 37.6 Å². The number of aryl methyl sites for hydroxylation is 2. The highest BCUT2D eigenvalue weighted by Crippen LogP contribution is 2.33. The second-order valence-corrected chi connectivity index (χ2v) is 5.09. The Morgan fingerprint density at radius 2 is 1.65 bits per heavy atom. The van der Waals surface area contributed by atoms with Gasteiger partial charge in [-0.3, -0.25) is 4.57 Å². The highest BCUT2D eigenvalue weighted by molar-refractivity contribution is 5.65. The van der Waals surface area contributed by atoms with Gasteiger partial charge < -0.3 is 9.47 Å². The van der Waals surface area contributed by atoms with Crippen LogP contribution >= 0.6 is 0 Å². The van der Waals surface area contributed by atoms with Crippen LogP contribution in [0.4, 0.5) is 0 Å². The summed E-state index contributed by atoms with van der Waals surface area (Å²) in [6, 6.07) is 9.58. The first-order valence-electron chi connectivity index (χ1n) is 7.22. The standard InChI is InChI=1S/C17H18N4O2/c1-11-7-5-8-14(23-4)16(11)21-12(2)19-20-17(21)15-13(22-3)9-6-10-18-15/h5-10H,1-4H3. The first-order valence-corrected chi connectivity index (χ1v) is 7.22. The van der Waals surface area contributed by atoms with E-state index in [2.05, 4.69) is 15.2 Å². The molecule has 0 aliphatic rings. The van der Waals surface area contributed by atoms with Crippen molar-refractivity contribution in [3.05, 3.63) is 47.9 Å². The summed E-state index contributed by atoms with van der Waals surface area (Å²) in [5.41, 5.74) is 2.60. The molecule has 23 heavy (non-hydrogen) atoms. The van der Waals surface area contributed by atoms with Gasteiger partial charge in [0, 0.05) is 6.20 Å². The van der Waals surface area contributed by atoms with Crippen LogP contribution in [0.15, 0.2) is 36.5 Å². The highest BCUT2D eigenvalue weighted by Gasteiger charge is 2.21. The van der Waals surface area contributed by atoms with Crippen LogP contribution < -0.4 is 9.47 Å². The van der Waals surface area contributed by atoms with Crippen LogP contribution in [0.2, 0.25) is 0 Å². The third-order valence-corrected chi connectivity index (χ3v) is 3.67. The first kappa shape index (κ1) is 15.0. The zero-order valence-electron chi connectivity index (χ0n) is 13.6. The van der Waals surface area contributed by atoms with Gasteiger partial charge in [-0.2, -0.15) is 0 Å². The van der Waals surface area contributed by atoms with Gasteiger partial charge >= 0.3 is 0 Å². The fourth-order valence-corrected chi connectivity index (χ4v) is 2.59. The lowest BCUT2D eigenvalue weighted by Crippen LogP contribution is -2.06. The third-order valence-electron chi connectivity index (χ3n) is 3.67. The van der Waals surface area contributed by atoms with E-state index in [9.17, 15) is 0 Å². The Labute approximate surface area is 134 Å². The van der Waals surface area contributed by atoms with Crippen LogP contribution in [0.3, 0.4) is 0 Å². The lowest BCUT2D eigenvalue weighted by atomic mass is 10.1. The van der Waals surface area contributed by atoms with E-state index in [4.69, 9.17) is 9.47 Å². The third kappa shape index (κ3) is 2.52. The smallest absolute Gasteiger partial charge is 0.191 e. The van der Waals surface area contributed by atoms with Gasteiger partial charge in [-0.15, -0.1) is 10.2 Å². The Morgan fingerprint density at radius 1 is 0.913 bits per heavy atom. The molecule has 0 radical (unpaired) electrons. The summed E-state index contributed by atoms with van der Waals surface area (Å²) < 4.78 is 12.9. The molecular weight excluding hydrogens is 292 g/mol. The molecule has 0 spiro atoms. The van der Waals surface area contributed by atoms with Crippen molar-refractivity contribution in [3.8, 4) is 28.7 Å². The van der Waals surface area contributed by atoms with E-state index in [1.54, 1.807) is 20.4 Å². The fraction of sp³-hybridized carbons (Fsp3) is 0.235. The molecule has 3 rings (SSSR count). The Morgan fingerprint density at radius 3 is 2.39 bits per heavy atom. The van der Waals surface area contributed by atoms with Crippen molar-refractivity contribution in [2.75, 3.05) is 14.2 Å². The van der Waals surface area contributed by atoms with Gasteiger partial charge in [-0.1, -0.05) is 12.1 Å². The molecule has 0 aliphatic carbocycles. The minimum atomic E-state index is 0.618. The van der Waals surface area contributed by atoms with Crippen molar-refractivity contribution in [2.24, 2.45) is 0 Å². The van der Waals surface area contributed by atoms with E-state index in [1.165, 1.54) is 0 Å². The maximum atomic E-state index is 5.52. The van der Waals surface area contributed by atoms with Crippen LogP contribution in [0, 0.1) is 13.8 Å². The Balaban J connectivity index is 2.30. The van der Waals surface area contributed by atoms with Crippen LogP contribution in [0.25, 0.3) is 17.2 Å². The zero-order valence-corrected chi connectivity index (χ0v) is 13.6. The molecule has 0 bridgehead atoms. The van der Waals surface area contributed by atoms with Crippen LogP contribution in [0.5, 0.6) is 11.5 Å². The number of hydrogen-bond donors (Lipinski definition) is 0. The monoisotopic (exact) mass is 310 g/mol. The Kier molecular flexibility index (Phi) is 3.97. The number of rotatable bonds is 4. The van der Waals surface area contributed by atoms with Crippen molar-refractivity contribution in [1.82, 2.24) is 19.7 Å². The molecule has 118 valence electrons. The summed E-state index contributed by atoms with van der Waals surface area (Å²) in [7, 11) is 3.27. The van der Waals surface area contributed by atoms with E-state index in [0.717, 1.165) is 22.8 Å². The highest BCUT2D eigenvalue weighted by atomic mass is 16.5. The Hall–Kier alpha value is -2.89. The molecule has 0 saturated heterocycles. The number of pyridine rings is 1. The van der Waals surface area contributed by atoms with E-state index in [1.807, 2.05) is 48.7 Å². The van der Waals surface area contributed by atoms with Gasteiger partial charge in [0.1, 0.15) is 23.0 Å². The average molecular weight is 310 g/mol. The minimum absolute atomic E-state index is 0.618. The molecule has 1 aromatic carbocycles. The zero-order chi connectivity index (χ0) is 16.4. The maximum absolute atomic E-state index is 5.52. The summed E-state index contributed by atoms with van der Waals surface area (Å²) in [5.74, 6) is 2.77. The normalized spacial score (nSPS) is 10.6. The van der Waals surface area contributed by atoms with Crippen molar-refractivity contribution < 1.29 is 9.47 Å². The number of ether oxygens (including phenoxy) is 2. The van der Waals surface area contributed by atoms with Crippen molar-refractivity contribution in [1.29, 1.82) is 0 Å². The van der Waals surface area contributed by atoms with E-state index >= 15 is 0 Å². The van der Waals surface area contributed by atoms with Gasteiger partial charge in [0.25, 0.3) is 0 Å². The van der Waals surface area contributed by atoms with E-state index in [0.29, 0.717) is 17.3 Å². The summed E-state index contributed by atoms with van der Waals surface area (Å²) in [4.78, 5) is 4.42. The second kappa shape index (κ2) is 6.08. The predicted molar refractivity (Wildman–Crippen MR) is 87.2 cm³/mol. The molecule has 0 fully saturated rings. The van der Waals surface area contributed by atoms with Gasteiger partial charge in [0.2, 0.25) is 0 Å². The molecule has 0 amide bonds. The van der Waals surface area contributed by atoms with E-state index < -0.39 is 0 Å². The number of methoxy groups -OCH3 is 2. The Bertz CT molecular complexity index is 842. The van der Waals surface area contributed by atoms with Gasteiger partial charge in [0.05, 0.1) is 19.9 Å². The molecule has 6 nitrogen and oxygen atoms in total. The first-order chi connectivity index (χ1) is 11.2. The number of aromatic nitrogens is 4. The number of benzene rings is 1. The number of para-hydroxylation sites is 1. The van der Waals surface area contributed by atoms with E-state index in [-0.39, 0.29) is 0 Å². The van der Waals surface area contributed by atoms with Gasteiger partial charge in [0.15, 0.2) is 5.82 Å². The summed E-state index contributed by atoms with van der Waals surface area (Å²) in [5, 5.41) is 8.53. The van der Waals surface area contributed by atoms with Crippen LogP contribution in [-0.4, -0.2) is 34.0 Å². The molecule has 2 aromatic heterocycles. The van der Waals surface area contributed by atoms with Crippen molar-refractivity contribution >= 4 is 0 Å². The number of nitrogens with zero attached hydrogens (tertiary/aromatic N) is 4. The van der Waals surface area contributed by atoms with Crippen LogP contribution in [0.1, 0.15) is 11.4 Å². The van der Waals surface area contributed by atoms with Crippen molar-refractivity contribution in [3.63, 3.8) is 0 Å². The molecule has 0 aliphatic heterocycles. The minimum Gasteiger partial charge on any atom is -0.495 e. The fourth-order valence-electron chi connectivity index (χ4n) is 2.59. The quantitative estimate of drug-likeness (QED) is 0.741. The summed E-state index contributed by atoms with van der Waals surface area (Å²) in [6.45, 7) is 3.93. The SMILES string of the molecule is COc1cccnc1-c1nnc(C)n1-c1c(C)cccc1OC. The molecule has 0 unspecified atom stereocenters. The molecule has 3 aromatic rings. The molecule has 0 saturated carbocycles. The summed E-state index contributed by atoms with van der Waals surface area (Å²) in [6.07, 6.45) is 1.71. The largest absolute Gasteiger partial charge is 0.495 e. The lowest BCUT2D eigenvalue weighted by Gasteiger charge is -2.16. The molecule has 0 N–H and O–H groups in total. The molecular formula is C17H18N4O2. The summed E-state index contributed by atoms with van der Waals surface area (Å²) >= 11 is 0. The van der Waals surface area contributed by atoms with Crippen LogP contribution in [-0.2, 0) is 0 Å². The van der Waals surface area contributed by atoms with Crippen molar-refractivity contribution in [2.45, 2.75) is 13.8 Å². The molecule has 2 heterocycles. The lowest BCUT2D eigenvalue weighted by molar-refractivity contribution is 0.411. The van der Waals surface area contributed by atoms with Gasteiger partial charge in [-0.25, -0.2) is 4.98 Å². The molecule has 0 atom stereocenters. The molecule has 6 heteroatoms. The average Bonchev–Trinajstić information content (AvgIpc) is 2.95. The maximum Gasteiger partial charge on any atom is 0.191 e.